The molecule has 2 fully saturated rings. The third kappa shape index (κ3) is 4.06. The van der Waals surface area contributed by atoms with E-state index in [2.05, 4.69) is 5.32 Å². The number of hydrogen-bond acceptors (Lipinski definition) is 6. The summed E-state index contributed by atoms with van der Waals surface area (Å²) < 4.78 is 16.0. The lowest BCUT2D eigenvalue weighted by Gasteiger charge is -2.38. The molecule has 0 aliphatic carbocycles. The van der Waals surface area contributed by atoms with E-state index in [1.165, 1.54) is 21.3 Å². The number of nitrogens with zero attached hydrogens (tertiary/aromatic N) is 2. The topological polar surface area (TPSA) is 80.3 Å². The Balaban J connectivity index is 0.00000261. The van der Waals surface area contributed by atoms with Gasteiger partial charge in [0.15, 0.2) is 11.5 Å². The first kappa shape index (κ1) is 21.1. The summed E-state index contributed by atoms with van der Waals surface area (Å²) in [6.07, 6.45) is 0. The molecule has 2 amide bonds. The zero-order valence-electron chi connectivity index (χ0n) is 15.8. The lowest BCUT2D eigenvalue weighted by Crippen LogP contribution is -2.57. The van der Waals surface area contributed by atoms with Crippen molar-refractivity contribution in [1.82, 2.24) is 15.1 Å². The van der Waals surface area contributed by atoms with E-state index in [0.717, 1.165) is 13.1 Å². The highest BCUT2D eigenvalue weighted by molar-refractivity contribution is 5.98. The summed E-state index contributed by atoms with van der Waals surface area (Å²) in [7, 11) is 4.54. The number of halogens is 1. The van der Waals surface area contributed by atoms with Crippen molar-refractivity contribution in [3.05, 3.63) is 17.7 Å². The molecule has 0 atom stereocenters. The molecule has 1 aromatic rings. The number of rotatable bonds is 5. The van der Waals surface area contributed by atoms with E-state index in [1.807, 2.05) is 4.90 Å². The van der Waals surface area contributed by atoms with Gasteiger partial charge in [0.1, 0.15) is 0 Å². The third-order valence-corrected chi connectivity index (χ3v) is 4.94. The van der Waals surface area contributed by atoms with Crippen molar-refractivity contribution in [2.75, 3.05) is 60.6 Å². The lowest BCUT2D eigenvalue weighted by molar-refractivity contribution is -0.138. The Kier molecular flexibility index (Phi) is 7.15. The maximum Gasteiger partial charge on any atom is 0.257 e. The van der Waals surface area contributed by atoms with Crippen molar-refractivity contribution in [2.24, 2.45) is 5.92 Å². The Hall–Kier alpha value is -2.19. The van der Waals surface area contributed by atoms with Crippen LogP contribution in [0.3, 0.4) is 0 Å². The van der Waals surface area contributed by atoms with Crippen LogP contribution in [0.2, 0.25) is 0 Å². The van der Waals surface area contributed by atoms with E-state index in [0.29, 0.717) is 49.0 Å². The second-order valence-electron chi connectivity index (χ2n) is 6.35. The van der Waals surface area contributed by atoms with E-state index in [1.54, 1.807) is 17.0 Å². The van der Waals surface area contributed by atoms with Gasteiger partial charge >= 0.3 is 0 Å². The average molecular weight is 400 g/mol. The van der Waals surface area contributed by atoms with Crippen LogP contribution in [0.1, 0.15) is 10.4 Å². The summed E-state index contributed by atoms with van der Waals surface area (Å²) in [5, 5.41) is 3.11. The Morgan fingerprint density at radius 1 is 0.926 bits per heavy atom. The Morgan fingerprint density at radius 2 is 1.52 bits per heavy atom. The maximum absolute atomic E-state index is 13.0. The molecule has 0 radical (unpaired) electrons. The molecule has 8 nitrogen and oxygen atoms in total. The zero-order valence-corrected chi connectivity index (χ0v) is 16.6. The Morgan fingerprint density at radius 3 is 2.00 bits per heavy atom. The number of piperazine rings is 1. The number of benzene rings is 1. The predicted molar refractivity (Wildman–Crippen MR) is 102 cm³/mol. The molecular weight excluding hydrogens is 374 g/mol. The molecule has 0 unspecified atom stereocenters. The summed E-state index contributed by atoms with van der Waals surface area (Å²) in [5.74, 6) is 1.39. The van der Waals surface area contributed by atoms with Gasteiger partial charge in [0.25, 0.3) is 5.91 Å². The molecule has 2 saturated heterocycles. The molecule has 0 saturated carbocycles. The van der Waals surface area contributed by atoms with Crippen LogP contribution in [0, 0.1) is 5.92 Å². The zero-order chi connectivity index (χ0) is 18.7. The van der Waals surface area contributed by atoms with Gasteiger partial charge in [-0.05, 0) is 12.1 Å². The highest BCUT2D eigenvalue weighted by Crippen LogP contribution is 2.40. The molecule has 0 spiro atoms. The minimum absolute atomic E-state index is 0. The van der Waals surface area contributed by atoms with Gasteiger partial charge in [-0.15, -0.1) is 12.4 Å². The van der Waals surface area contributed by atoms with Crippen LogP contribution in [-0.2, 0) is 4.79 Å². The number of carbonyl (C=O) groups excluding carboxylic acids is 2. The quantitative estimate of drug-likeness (QED) is 0.782. The van der Waals surface area contributed by atoms with Gasteiger partial charge in [-0.3, -0.25) is 9.59 Å². The van der Waals surface area contributed by atoms with E-state index < -0.39 is 0 Å². The number of nitrogens with one attached hydrogen (secondary N) is 1. The van der Waals surface area contributed by atoms with E-state index in [-0.39, 0.29) is 30.1 Å². The number of methoxy groups -OCH3 is 3. The molecule has 2 aliphatic rings. The molecule has 1 N–H and O–H groups in total. The fraction of sp³-hybridized carbons (Fsp3) is 0.556. The first-order valence-electron chi connectivity index (χ1n) is 8.68. The van der Waals surface area contributed by atoms with E-state index >= 15 is 0 Å². The van der Waals surface area contributed by atoms with Crippen LogP contribution in [-0.4, -0.2) is 82.2 Å². The smallest absolute Gasteiger partial charge is 0.257 e. The average Bonchev–Trinajstić information content (AvgIpc) is 2.64. The number of hydrogen-bond donors (Lipinski definition) is 1. The second kappa shape index (κ2) is 9.14. The first-order valence-corrected chi connectivity index (χ1v) is 8.68. The van der Waals surface area contributed by atoms with Gasteiger partial charge in [-0.25, -0.2) is 0 Å². The maximum atomic E-state index is 13.0. The highest BCUT2D eigenvalue weighted by Gasteiger charge is 2.33. The van der Waals surface area contributed by atoms with Crippen molar-refractivity contribution in [2.45, 2.75) is 0 Å². The summed E-state index contributed by atoms with van der Waals surface area (Å²) in [4.78, 5) is 28.9. The highest BCUT2D eigenvalue weighted by atomic mass is 35.5. The molecule has 0 aromatic heterocycles. The molecule has 2 heterocycles. The summed E-state index contributed by atoms with van der Waals surface area (Å²) in [6, 6.07) is 3.37. The second-order valence-corrected chi connectivity index (χ2v) is 6.35. The minimum atomic E-state index is -0.139. The van der Waals surface area contributed by atoms with Crippen molar-refractivity contribution >= 4 is 24.2 Å². The van der Waals surface area contributed by atoms with Crippen molar-refractivity contribution in [1.29, 1.82) is 0 Å². The molecular formula is C18H26ClN3O5. The van der Waals surface area contributed by atoms with Crippen LogP contribution in [0.5, 0.6) is 17.2 Å². The molecule has 27 heavy (non-hydrogen) atoms. The largest absolute Gasteiger partial charge is 0.493 e. The van der Waals surface area contributed by atoms with E-state index in [9.17, 15) is 9.59 Å². The first-order chi connectivity index (χ1) is 12.6. The van der Waals surface area contributed by atoms with Gasteiger partial charge in [0.05, 0.1) is 32.8 Å². The monoisotopic (exact) mass is 399 g/mol. The summed E-state index contributed by atoms with van der Waals surface area (Å²) in [5.41, 5.74) is 0.424. The van der Waals surface area contributed by atoms with Crippen molar-refractivity contribution in [3.8, 4) is 17.2 Å². The van der Waals surface area contributed by atoms with Gasteiger partial charge in [-0.1, -0.05) is 0 Å². The lowest BCUT2D eigenvalue weighted by atomic mass is 10.0. The molecule has 0 bridgehead atoms. The van der Waals surface area contributed by atoms with Gasteiger partial charge in [-0.2, -0.15) is 0 Å². The normalized spacial score (nSPS) is 16.9. The summed E-state index contributed by atoms with van der Waals surface area (Å²) >= 11 is 0. The SMILES string of the molecule is COc1ccc(C(=O)N2CCN(C(=O)C3CNC3)CC2)c(OC)c1OC.Cl. The predicted octanol–water partition coefficient (Wildman–Crippen LogP) is 0.638. The number of amides is 2. The minimum Gasteiger partial charge on any atom is -0.493 e. The van der Waals surface area contributed by atoms with Gasteiger partial charge in [0.2, 0.25) is 11.7 Å². The fourth-order valence-corrected chi connectivity index (χ4v) is 3.29. The molecule has 150 valence electrons. The van der Waals surface area contributed by atoms with Crippen LogP contribution in [0.15, 0.2) is 12.1 Å². The number of carbonyl (C=O) groups is 2. The standard InChI is InChI=1S/C18H25N3O5.ClH/c1-24-14-5-4-13(15(25-2)16(14)26-3)18(23)21-8-6-20(7-9-21)17(22)12-10-19-11-12;/h4-5,12,19H,6-11H2,1-3H3;1H. The van der Waals surface area contributed by atoms with E-state index in [4.69, 9.17) is 14.2 Å². The molecule has 2 aliphatic heterocycles. The number of ether oxygens (including phenoxy) is 3. The van der Waals surface area contributed by atoms with Crippen LogP contribution < -0.4 is 19.5 Å². The van der Waals surface area contributed by atoms with Crippen molar-refractivity contribution in [3.63, 3.8) is 0 Å². The molecule has 3 rings (SSSR count). The fourth-order valence-electron chi connectivity index (χ4n) is 3.29. The van der Waals surface area contributed by atoms with Crippen LogP contribution in [0.4, 0.5) is 0 Å². The van der Waals surface area contributed by atoms with Gasteiger partial charge < -0.3 is 29.3 Å². The molecule has 9 heteroatoms. The Bertz CT molecular complexity index is 688. The summed E-state index contributed by atoms with van der Waals surface area (Å²) in [6.45, 7) is 3.61. The Labute approximate surface area is 165 Å². The third-order valence-electron chi connectivity index (χ3n) is 4.94. The van der Waals surface area contributed by atoms with Crippen molar-refractivity contribution < 1.29 is 23.8 Å². The van der Waals surface area contributed by atoms with Crippen LogP contribution >= 0.6 is 12.4 Å². The van der Waals surface area contributed by atoms with Crippen LogP contribution in [0.25, 0.3) is 0 Å². The molecule has 1 aromatic carbocycles. The van der Waals surface area contributed by atoms with Gasteiger partial charge in [0, 0.05) is 39.3 Å².